The van der Waals surface area contributed by atoms with Crippen LogP contribution in [0.1, 0.15) is 49.5 Å². The first-order valence-electron chi connectivity index (χ1n) is 6.42. The van der Waals surface area contributed by atoms with Crippen molar-refractivity contribution in [3.63, 3.8) is 0 Å². The predicted molar refractivity (Wildman–Crippen MR) is 71.1 cm³/mol. The Bertz CT molecular complexity index is 411. The van der Waals surface area contributed by atoms with E-state index in [1.54, 1.807) is 0 Å². The number of rotatable bonds is 2. The fourth-order valence-electron chi connectivity index (χ4n) is 2.77. The highest BCUT2D eigenvalue weighted by Crippen LogP contribution is 2.31. The molecule has 1 saturated heterocycles. The van der Waals surface area contributed by atoms with Gasteiger partial charge in [0, 0.05) is 11.6 Å². The SMILES string of the molecule is Cc1ccc(C(O)C2CCC(C)(C)N2)c(C)c1. The topological polar surface area (TPSA) is 32.3 Å². The van der Waals surface area contributed by atoms with E-state index in [0.29, 0.717) is 0 Å². The van der Waals surface area contributed by atoms with Crippen LogP contribution in [0, 0.1) is 13.8 Å². The number of aryl methyl sites for hydroxylation is 2. The van der Waals surface area contributed by atoms with E-state index >= 15 is 0 Å². The van der Waals surface area contributed by atoms with Crippen LogP contribution in [0.2, 0.25) is 0 Å². The molecule has 2 heteroatoms. The van der Waals surface area contributed by atoms with Gasteiger partial charge in [0.25, 0.3) is 0 Å². The van der Waals surface area contributed by atoms with Crippen molar-refractivity contribution in [1.29, 1.82) is 0 Å². The second-order valence-electron chi connectivity index (χ2n) is 5.98. The maximum absolute atomic E-state index is 10.5. The van der Waals surface area contributed by atoms with E-state index in [9.17, 15) is 5.11 Å². The van der Waals surface area contributed by atoms with Gasteiger partial charge in [-0.3, -0.25) is 0 Å². The van der Waals surface area contributed by atoms with Crippen molar-refractivity contribution in [2.24, 2.45) is 0 Å². The zero-order valence-electron chi connectivity index (χ0n) is 11.2. The molecule has 17 heavy (non-hydrogen) atoms. The van der Waals surface area contributed by atoms with Crippen molar-refractivity contribution < 1.29 is 5.11 Å². The molecule has 94 valence electrons. The lowest BCUT2D eigenvalue weighted by Crippen LogP contribution is -2.40. The van der Waals surface area contributed by atoms with E-state index in [0.717, 1.165) is 18.4 Å². The van der Waals surface area contributed by atoms with Crippen LogP contribution in [0.4, 0.5) is 0 Å². The quantitative estimate of drug-likeness (QED) is 0.823. The summed E-state index contributed by atoms with van der Waals surface area (Å²) in [6.45, 7) is 8.55. The molecule has 0 amide bonds. The zero-order chi connectivity index (χ0) is 12.6. The van der Waals surface area contributed by atoms with E-state index in [-0.39, 0.29) is 11.6 Å². The summed E-state index contributed by atoms with van der Waals surface area (Å²) in [5.41, 5.74) is 3.65. The van der Waals surface area contributed by atoms with Gasteiger partial charge in [0.1, 0.15) is 0 Å². The average molecular weight is 233 g/mol. The Morgan fingerprint density at radius 2 is 2.06 bits per heavy atom. The lowest BCUT2D eigenvalue weighted by molar-refractivity contribution is 0.131. The zero-order valence-corrected chi connectivity index (χ0v) is 11.2. The number of hydrogen-bond acceptors (Lipinski definition) is 2. The molecule has 1 aliphatic heterocycles. The first-order valence-corrected chi connectivity index (χ1v) is 6.42. The molecule has 2 N–H and O–H groups in total. The molecule has 0 radical (unpaired) electrons. The van der Waals surface area contributed by atoms with Crippen molar-refractivity contribution in [2.45, 2.75) is 58.2 Å². The molecule has 2 nitrogen and oxygen atoms in total. The first kappa shape index (κ1) is 12.6. The molecule has 2 rings (SSSR count). The van der Waals surface area contributed by atoms with Gasteiger partial charge < -0.3 is 10.4 Å². The molecule has 0 saturated carbocycles. The number of aliphatic hydroxyl groups excluding tert-OH is 1. The average Bonchev–Trinajstić information content (AvgIpc) is 2.58. The third-order valence-electron chi connectivity index (χ3n) is 3.78. The monoisotopic (exact) mass is 233 g/mol. The summed E-state index contributed by atoms with van der Waals surface area (Å²) >= 11 is 0. The van der Waals surface area contributed by atoms with Crippen LogP contribution in [0.25, 0.3) is 0 Å². The summed E-state index contributed by atoms with van der Waals surface area (Å²) in [7, 11) is 0. The van der Waals surface area contributed by atoms with Gasteiger partial charge in [0.05, 0.1) is 6.10 Å². The minimum atomic E-state index is -0.391. The molecule has 0 aromatic heterocycles. The second kappa shape index (κ2) is 4.43. The van der Waals surface area contributed by atoms with Gasteiger partial charge >= 0.3 is 0 Å². The highest BCUT2D eigenvalue weighted by atomic mass is 16.3. The van der Waals surface area contributed by atoms with Crippen molar-refractivity contribution in [2.75, 3.05) is 0 Å². The number of aliphatic hydroxyl groups is 1. The number of benzene rings is 1. The maximum Gasteiger partial charge on any atom is 0.0945 e. The minimum Gasteiger partial charge on any atom is -0.387 e. The van der Waals surface area contributed by atoms with Gasteiger partial charge in [0.2, 0.25) is 0 Å². The van der Waals surface area contributed by atoms with Gasteiger partial charge in [-0.1, -0.05) is 23.8 Å². The van der Waals surface area contributed by atoms with Gasteiger partial charge in [0.15, 0.2) is 0 Å². The van der Waals surface area contributed by atoms with Gasteiger partial charge in [-0.15, -0.1) is 0 Å². The maximum atomic E-state index is 10.5. The highest BCUT2D eigenvalue weighted by molar-refractivity contribution is 5.33. The summed E-state index contributed by atoms with van der Waals surface area (Å²) in [6.07, 6.45) is 1.78. The molecule has 2 unspecified atom stereocenters. The van der Waals surface area contributed by atoms with E-state index in [4.69, 9.17) is 0 Å². The summed E-state index contributed by atoms with van der Waals surface area (Å²) in [4.78, 5) is 0. The first-order chi connectivity index (χ1) is 7.89. The molecule has 1 aromatic carbocycles. The Morgan fingerprint density at radius 1 is 1.35 bits per heavy atom. The molecule has 0 aliphatic carbocycles. The molecule has 1 fully saturated rings. The molecule has 0 bridgehead atoms. The summed E-state index contributed by atoms with van der Waals surface area (Å²) in [6, 6.07) is 6.46. The standard InChI is InChI=1S/C15H23NO/c1-10-5-6-12(11(2)9-10)14(17)13-7-8-15(3,4)16-13/h5-6,9,13-14,16-17H,7-8H2,1-4H3. The van der Waals surface area contributed by atoms with Crippen LogP contribution < -0.4 is 5.32 Å². The van der Waals surface area contributed by atoms with Crippen molar-refractivity contribution in [3.8, 4) is 0 Å². The number of hydrogen-bond donors (Lipinski definition) is 2. The molecule has 1 heterocycles. The predicted octanol–water partition coefficient (Wildman–Crippen LogP) is 2.87. The molecular formula is C15H23NO. The fourth-order valence-corrected chi connectivity index (χ4v) is 2.77. The lowest BCUT2D eigenvalue weighted by Gasteiger charge is -2.25. The molecule has 0 spiro atoms. The Labute approximate surface area is 104 Å². The lowest BCUT2D eigenvalue weighted by atomic mass is 9.95. The fraction of sp³-hybridized carbons (Fsp3) is 0.600. The van der Waals surface area contributed by atoms with E-state index < -0.39 is 6.10 Å². The van der Waals surface area contributed by atoms with Crippen LogP contribution in [0.3, 0.4) is 0 Å². The molecule has 2 atom stereocenters. The Kier molecular flexibility index (Phi) is 3.28. The number of nitrogens with one attached hydrogen (secondary N) is 1. The van der Waals surface area contributed by atoms with E-state index in [1.807, 2.05) is 0 Å². The van der Waals surface area contributed by atoms with Crippen molar-refractivity contribution >= 4 is 0 Å². The van der Waals surface area contributed by atoms with Crippen molar-refractivity contribution in [1.82, 2.24) is 5.32 Å². The van der Waals surface area contributed by atoms with Crippen LogP contribution in [-0.4, -0.2) is 16.7 Å². The summed E-state index contributed by atoms with van der Waals surface area (Å²) < 4.78 is 0. The van der Waals surface area contributed by atoms with Gasteiger partial charge in [-0.05, 0) is 51.7 Å². The summed E-state index contributed by atoms with van der Waals surface area (Å²) in [5.74, 6) is 0. The normalized spacial score (nSPS) is 24.9. The molecule has 1 aromatic rings. The van der Waals surface area contributed by atoms with Gasteiger partial charge in [-0.2, -0.15) is 0 Å². The van der Waals surface area contributed by atoms with E-state index in [1.165, 1.54) is 11.1 Å². The Balaban J connectivity index is 2.17. The Hall–Kier alpha value is -0.860. The van der Waals surface area contributed by atoms with Crippen LogP contribution in [0.5, 0.6) is 0 Å². The van der Waals surface area contributed by atoms with E-state index in [2.05, 4.69) is 51.2 Å². The summed E-state index contributed by atoms with van der Waals surface area (Å²) in [5, 5.41) is 14.0. The van der Waals surface area contributed by atoms with Gasteiger partial charge in [-0.25, -0.2) is 0 Å². The van der Waals surface area contributed by atoms with Crippen LogP contribution in [-0.2, 0) is 0 Å². The van der Waals surface area contributed by atoms with Crippen LogP contribution >= 0.6 is 0 Å². The minimum absolute atomic E-state index is 0.157. The largest absolute Gasteiger partial charge is 0.387 e. The van der Waals surface area contributed by atoms with Crippen molar-refractivity contribution in [3.05, 3.63) is 34.9 Å². The molecule has 1 aliphatic rings. The second-order valence-corrected chi connectivity index (χ2v) is 5.98. The third kappa shape index (κ3) is 2.70. The highest BCUT2D eigenvalue weighted by Gasteiger charge is 2.34. The van der Waals surface area contributed by atoms with Crippen LogP contribution in [0.15, 0.2) is 18.2 Å². The third-order valence-corrected chi connectivity index (χ3v) is 3.78. The smallest absolute Gasteiger partial charge is 0.0945 e. The Morgan fingerprint density at radius 3 is 2.59 bits per heavy atom. The molecular weight excluding hydrogens is 210 g/mol.